The smallest absolute Gasteiger partial charge is 0.250 e. The quantitative estimate of drug-likeness (QED) is 0.402. The van der Waals surface area contributed by atoms with Crippen molar-refractivity contribution in [2.75, 3.05) is 39.4 Å². The van der Waals surface area contributed by atoms with Gasteiger partial charge in [0.15, 0.2) is 0 Å². The molecule has 3 aromatic rings. The fraction of sp³-hybridized carbons (Fsp3) is 0.419. The Hall–Kier alpha value is -3.62. The molecule has 2 heterocycles. The molecular weight excluding hydrogens is 494 g/mol. The Bertz CT molecular complexity index is 1290. The van der Waals surface area contributed by atoms with Crippen LogP contribution in [0.1, 0.15) is 30.0 Å². The van der Waals surface area contributed by atoms with E-state index >= 15 is 0 Å². The minimum atomic E-state index is -1.20. The molecule has 0 radical (unpaired) electrons. The van der Waals surface area contributed by atoms with Gasteiger partial charge in [0.2, 0.25) is 5.91 Å². The fourth-order valence-corrected chi connectivity index (χ4v) is 4.79. The van der Waals surface area contributed by atoms with E-state index in [0.29, 0.717) is 45.1 Å². The molecule has 208 valence electrons. The Morgan fingerprint density at radius 2 is 1.56 bits per heavy atom. The van der Waals surface area contributed by atoms with Crippen molar-refractivity contribution < 1.29 is 19.4 Å². The molecule has 1 atom stereocenters. The number of β-amino-alcohol motifs (C(OH)–C–C–N with tert-alkyl or cyclic N) is 1. The maximum atomic E-state index is 12.2. The first-order valence-electron chi connectivity index (χ1n) is 13.5. The van der Waals surface area contributed by atoms with E-state index in [2.05, 4.69) is 4.90 Å². The summed E-state index contributed by atoms with van der Waals surface area (Å²) in [5, 5.41) is 11.5. The average Bonchev–Trinajstić information content (AvgIpc) is 3.08. The molecule has 0 saturated carbocycles. The molecule has 4 rings (SSSR count). The zero-order chi connectivity index (χ0) is 27.8. The number of rotatable bonds is 10. The predicted octanol–water partition coefficient (Wildman–Crippen LogP) is 3.41. The number of aromatic nitrogens is 1. The maximum absolute atomic E-state index is 12.2. The van der Waals surface area contributed by atoms with Crippen molar-refractivity contribution in [3.05, 3.63) is 93.9 Å². The fourth-order valence-electron chi connectivity index (χ4n) is 4.79. The van der Waals surface area contributed by atoms with E-state index in [-0.39, 0.29) is 24.6 Å². The summed E-state index contributed by atoms with van der Waals surface area (Å²) in [6.45, 7) is 9.20. The Kier molecular flexibility index (Phi) is 9.43. The number of benzene rings is 2. The molecule has 0 bridgehead atoms. The molecular formula is C31H39N3O5. The van der Waals surface area contributed by atoms with Crippen LogP contribution in [-0.2, 0) is 17.9 Å². The van der Waals surface area contributed by atoms with E-state index in [9.17, 15) is 14.7 Å². The number of carbonyl (C=O) groups is 1. The maximum Gasteiger partial charge on any atom is 0.250 e. The molecule has 1 aromatic heterocycles. The molecule has 1 amide bonds. The van der Waals surface area contributed by atoms with Crippen molar-refractivity contribution in [3.63, 3.8) is 0 Å². The van der Waals surface area contributed by atoms with Gasteiger partial charge in [0.05, 0.1) is 13.2 Å². The number of pyridine rings is 1. The SMILES string of the molecule is CC(=O)N1CCN(Cc2ccc(OCCCn3cc(C)ccc3=O)cc2)CC(O)(COc2ccc(C)cc2)C1. The van der Waals surface area contributed by atoms with Crippen molar-refractivity contribution in [3.8, 4) is 11.5 Å². The first-order chi connectivity index (χ1) is 18.7. The van der Waals surface area contributed by atoms with Crippen LogP contribution in [0.4, 0.5) is 0 Å². The lowest BCUT2D eigenvalue weighted by Crippen LogP contribution is -2.51. The summed E-state index contributed by atoms with van der Waals surface area (Å²) in [6.07, 6.45) is 2.60. The van der Waals surface area contributed by atoms with Gasteiger partial charge >= 0.3 is 0 Å². The topological polar surface area (TPSA) is 84.2 Å². The van der Waals surface area contributed by atoms with Gasteiger partial charge in [-0.15, -0.1) is 0 Å². The summed E-state index contributed by atoms with van der Waals surface area (Å²) in [4.78, 5) is 28.0. The lowest BCUT2D eigenvalue weighted by molar-refractivity contribution is -0.132. The van der Waals surface area contributed by atoms with Crippen molar-refractivity contribution in [1.29, 1.82) is 0 Å². The van der Waals surface area contributed by atoms with Gasteiger partial charge in [-0.25, -0.2) is 0 Å². The predicted molar refractivity (Wildman–Crippen MR) is 151 cm³/mol. The number of aliphatic hydroxyl groups is 1. The first kappa shape index (κ1) is 28.4. The van der Waals surface area contributed by atoms with Gasteiger partial charge in [0.1, 0.15) is 23.7 Å². The molecule has 1 fully saturated rings. The number of nitrogens with zero attached hydrogens (tertiary/aromatic N) is 3. The van der Waals surface area contributed by atoms with Crippen molar-refractivity contribution >= 4 is 5.91 Å². The zero-order valence-corrected chi connectivity index (χ0v) is 23.1. The Morgan fingerprint density at radius 3 is 2.28 bits per heavy atom. The summed E-state index contributed by atoms with van der Waals surface area (Å²) in [5.41, 5.74) is 2.09. The van der Waals surface area contributed by atoms with E-state index in [1.54, 1.807) is 15.5 Å². The van der Waals surface area contributed by atoms with Crippen LogP contribution in [0.2, 0.25) is 0 Å². The van der Waals surface area contributed by atoms with Gasteiger partial charge in [-0.3, -0.25) is 14.5 Å². The minimum Gasteiger partial charge on any atom is -0.494 e. The molecule has 1 aliphatic rings. The zero-order valence-electron chi connectivity index (χ0n) is 23.1. The van der Waals surface area contributed by atoms with Crippen LogP contribution in [0.3, 0.4) is 0 Å². The number of amides is 1. The van der Waals surface area contributed by atoms with Gasteiger partial charge in [-0.05, 0) is 55.7 Å². The summed E-state index contributed by atoms with van der Waals surface area (Å²) >= 11 is 0. The van der Waals surface area contributed by atoms with Crippen molar-refractivity contribution in [1.82, 2.24) is 14.4 Å². The minimum absolute atomic E-state index is 0.00139. The normalized spacial score (nSPS) is 18.0. The molecule has 8 heteroatoms. The van der Waals surface area contributed by atoms with Gasteiger partial charge in [0, 0.05) is 51.9 Å². The number of hydrogen-bond donors (Lipinski definition) is 1. The monoisotopic (exact) mass is 533 g/mol. The molecule has 1 saturated heterocycles. The van der Waals surface area contributed by atoms with Crippen molar-refractivity contribution in [2.24, 2.45) is 0 Å². The van der Waals surface area contributed by atoms with E-state index in [1.807, 2.05) is 74.6 Å². The summed E-state index contributed by atoms with van der Waals surface area (Å²) < 4.78 is 13.5. The summed E-state index contributed by atoms with van der Waals surface area (Å²) in [7, 11) is 0. The number of aryl methyl sites for hydroxylation is 3. The van der Waals surface area contributed by atoms with E-state index in [0.717, 1.165) is 28.9 Å². The third kappa shape index (κ3) is 8.43. The lowest BCUT2D eigenvalue weighted by atomic mass is 10.0. The molecule has 39 heavy (non-hydrogen) atoms. The highest BCUT2D eigenvalue weighted by Crippen LogP contribution is 2.21. The van der Waals surface area contributed by atoms with Gasteiger partial charge < -0.3 is 24.0 Å². The Balaban J connectivity index is 1.31. The first-order valence-corrected chi connectivity index (χ1v) is 13.5. The second kappa shape index (κ2) is 13.0. The highest BCUT2D eigenvalue weighted by Gasteiger charge is 2.36. The largest absolute Gasteiger partial charge is 0.494 e. The molecule has 8 nitrogen and oxygen atoms in total. The molecule has 0 spiro atoms. The second-order valence-electron chi connectivity index (χ2n) is 10.6. The third-order valence-corrected chi connectivity index (χ3v) is 6.94. The van der Waals surface area contributed by atoms with Gasteiger partial charge in [-0.1, -0.05) is 35.9 Å². The molecule has 0 aliphatic carbocycles. The van der Waals surface area contributed by atoms with Crippen LogP contribution in [0.15, 0.2) is 71.7 Å². The van der Waals surface area contributed by atoms with Gasteiger partial charge in [0.25, 0.3) is 5.56 Å². The van der Waals surface area contributed by atoms with E-state index in [1.165, 1.54) is 6.92 Å². The number of ether oxygens (including phenoxy) is 2. The average molecular weight is 534 g/mol. The molecule has 2 aromatic carbocycles. The van der Waals surface area contributed by atoms with Crippen LogP contribution >= 0.6 is 0 Å². The lowest BCUT2D eigenvalue weighted by Gasteiger charge is -2.32. The highest BCUT2D eigenvalue weighted by molar-refractivity contribution is 5.73. The molecule has 1 aliphatic heterocycles. The molecule has 1 N–H and O–H groups in total. The Morgan fingerprint density at radius 1 is 0.897 bits per heavy atom. The summed E-state index contributed by atoms with van der Waals surface area (Å²) in [6, 6.07) is 19.1. The second-order valence-corrected chi connectivity index (χ2v) is 10.6. The molecule has 1 unspecified atom stereocenters. The standard InChI is InChI=1S/C31H39N3O5/c1-24-5-10-29(11-6-24)39-23-31(37)21-32(16-17-34(22-31)26(3)35)20-27-8-12-28(13-9-27)38-18-4-15-33-19-25(2)7-14-30(33)36/h5-14,19,37H,4,15-18,20-23H2,1-3H3. The van der Waals surface area contributed by atoms with Crippen LogP contribution in [0.25, 0.3) is 0 Å². The van der Waals surface area contributed by atoms with Crippen molar-refractivity contribution in [2.45, 2.75) is 45.9 Å². The van der Waals surface area contributed by atoms with Crippen LogP contribution < -0.4 is 15.0 Å². The van der Waals surface area contributed by atoms with Crippen LogP contribution in [0.5, 0.6) is 11.5 Å². The van der Waals surface area contributed by atoms with Crippen LogP contribution in [0, 0.1) is 13.8 Å². The highest BCUT2D eigenvalue weighted by atomic mass is 16.5. The van der Waals surface area contributed by atoms with E-state index < -0.39 is 5.60 Å². The number of hydrogen-bond acceptors (Lipinski definition) is 6. The third-order valence-electron chi connectivity index (χ3n) is 6.94. The summed E-state index contributed by atoms with van der Waals surface area (Å²) in [5.74, 6) is 1.41. The van der Waals surface area contributed by atoms with Crippen LogP contribution in [-0.4, -0.2) is 70.4 Å². The van der Waals surface area contributed by atoms with Gasteiger partial charge in [-0.2, -0.15) is 0 Å². The Labute approximate surface area is 230 Å². The number of carbonyl (C=O) groups excluding carboxylic acids is 1. The van der Waals surface area contributed by atoms with E-state index in [4.69, 9.17) is 9.47 Å².